The fourth-order valence-corrected chi connectivity index (χ4v) is 3.17. The van der Waals surface area contributed by atoms with Crippen molar-refractivity contribution in [3.8, 4) is 5.75 Å². The van der Waals surface area contributed by atoms with E-state index in [1.54, 1.807) is 7.11 Å². The zero-order valence-corrected chi connectivity index (χ0v) is 14.5. The number of nitrogens with two attached hydrogens (primary N) is 1. The van der Waals surface area contributed by atoms with Crippen molar-refractivity contribution in [2.45, 2.75) is 37.8 Å². The second-order valence-electron chi connectivity index (χ2n) is 6.49. The quantitative estimate of drug-likeness (QED) is 0.780. The van der Waals surface area contributed by atoms with Gasteiger partial charge in [0, 0.05) is 23.8 Å². The number of methoxy groups -OCH3 is 1. The summed E-state index contributed by atoms with van der Waals surface area (Å²) in [5.74, 6) is 0.719. The third kappa shape index (κ3) is 4.51. The standard InChI is InChI=1S/C20H25N3O2/c1-25-17-6-4-5-16(13-17)22-19-8-3-2-7-18(19)20(24)23-15-11-9-14(21)10-12-15/h2-8,13-15,22H,9-12,21H2,1H3,(H,23,24). The van der Waals surface area contributed by atoms with Crippen LogP contribution in [0.5, 0.6) is 5.75 Å². The average molecular weight is 339 g/mol. The van der Waals surface area contributed by atoms with Crippen molar-refractivity contribution in [2.75, 3.05) is 12.4 Å². The molecule has 1 amide bonds. The van der Waals surface area contributed by atoms with E-state index in [-0.39, 0.29) is 18.0 Å². The third-order valence-electron chi connectivity index (χ3n) is 4.63. The van der Waals surface area contributed by atoms with Gasteiger partial charge in [-0.05, 0) is 49.9 Å². The van der Waals surface area contributed by atoms with Gasteiger partial charge in [-0.25, -0.2) is 0 Å². The third-order valence-corrected chi connectivity index (χ3v) is 4.63. The van der Waals surface area contributed by atoms with E-state index in [1.165, 1.54) is 0 Å². The monoisotopic (exact) mass is 339 g/mol. The first-order chi connectivity index (χ1) is 12.2. The highest BCUT2D eigenvalue weighted by Crippen LogP contribution is 2.24. The summed E-state index contributed by atoms with van der Waals surface area (Å²) in [6.45, 7) is 0. The molecule has 4 N–H and O–H groups in total. The van der Waals surface area contributed by atoms with Gasteiger partial charge in [-0.2, -0.15) is 0 Å². The van der Waals surface area contributed by atoms with Crippen molar-refractivity contribution in [1.82, 2.24) is 5.32 Å². The summed E-state index contributed by atoms with van der Waals surface area (Å²) in [5, 5.41) is 6.46. The summed E-state index contributed by atoms with van der Waals surface area (Å²) in [6.07, 6.45) is 3.82. The van der Waals surface area contributed by atoms with E-state index < -0.39 is 0 Å². The van der Waals surface area contributed by atoms with E-state index in [9.17, 15) is 4.79 Å². The molecule has 3 rings (SSSR count). The van der Waals surface area contributed by atoms with Crippen LogP contribution < -0.4 is 21.1 Å². The molecule has 0 atom stereocenters. The second kappa shape index (κ2) is 8.03. The van der Waals surface area contributed by atoms with Crippen molar-refractivity contribution in [2.24, 2.45) is 5.73 Å². The van der Waals surface area contributed by atoms with Crippen molar-refractivity contribution >= 4 is 17.3 Å². The lowest BCUT2D eigenvalue weighted by molar-refractivity contribution is 0.0926. The molecule has 25 heavy (non-hydrogen) atoms. The highest BCUT2D eigenvalue weighted by atomic mass is 16.5. The normalized spacial score (nSPS) is 19.9. The van der Waals surface area contributed by atoms with Gasteiger partial charge in [0.05, 0.1) is 18.4 Å². The summed E-state index contributed by atoms with van der Waals surface area (Å²) in [4.78, 5) is 12.7. The molecular weight excluding hydrogens is 314 g/mol. The van der Waals surface area contributed by atoms with Crippen LogP contribution in [0, 0.1) is 0 Å². The zero-order chi connectivity index (χ0) is 17.6. The number of amides is 1. The van der Waals surface area contributed by atoms with E-state index in [1.807, 2.05) is 48.5 Å². The van der Waals surface area contributed by atoms with Crippen LogP contribution in [0.4, 0.5) is 11.4 Å². The zero-order valence-electron chi connectivity index (χ0n) is 14.5. The Bertz CT molecular complexity index is 724. The molecule has 0 bridgehead atoms. The molecule has 0 radical (unpaired) electrons. The van der Waals surface area contributed by atoms with Crippen molar-refractivity contribution in [3.63, 3.8) is 0 Å². The minimum atomic E-state index is -0.0496. The molecule has 0 heterocycles. The van der Waals surface area contributed by atoms with Gasteiger partial charge in [-0.3, -0.25) is 4.79 Å². The molecule has 0 aromatic heterocycles. The Morgan fingerprint density at radius 1 is 1.08 bits per heavy atom. The fourth-order valence-electron chi connectivity index (χ4n) is 3.17. The van der Waals surface area contributed by atoms with Crippen molar-refractivity contribution in [1.29, 1.82) is 0 Å². The summed E-state index contributed by atoms with van der Waals surface area (Å²) >= 11 is 0. The molecule has 2 aromatic rings. The molecule has 5 nitrogen and oxygen atoms in total. The topological polar surface area (TPSA) is 76.4 Å². The fraction of sp³-hybridized carbons (Fsp3) is 0.350. The predicted molar refractivity (Wildman–Crippen MR) is 100 cm³/mol. The average Bonchev–Trinajstić information content (AvgIpc) is 2.64. The maximum atomic E-state index is 12.7. The number of carbonyl (C=O) groups excluding carboxylic acids is 1. The SMILES string of the molecule is COc1cccc(Nc2ccccc2C(=O)NC2CCC(N)CC2)c1. The van der Waals surface area contributed by atoms with Crippen molar-refractivity contribution in [3.05, 3.63) is 54.1 Å². The van der Waals surface area contributed by atoms with Crippen LogP contribution in [0.15, 0.2) is 48.5 Å². The molecule has 0 unspecified atom stereocenters. The van der Waals surface area contributed by atoms with Crippen LogP contribution in [0.1, 0.15) is 36.0 Å². The molecule has 5 heteroatoms. The lowest BCUT2D eigenvalue weighted by Crippen LogP contribution is -2.40. The highest BCUT2D eigenvalue weighted by molar-refractivity contribution is 6.00. The van der Waals surface area contributed by atoms with Gasteiger partial charge in [-0.15, -0.1) is 0 Å². The molecule has 1 aliphatic carbocycles. The van der Waals surface area contributed by atoms with E-state index in [2.05, 4.69) is 10.6 Å². The molecular formula is C20H25N3O2. The smallest absolute Gasteiger partial charge is 0.253 e. The Hall–Kier alpha value is -2.53. The largest absolute Gasteiger partial charge is 0.497 e. The molecule has 1 fully saturated rings. The Morgan fingerprint density at radius 2 is 1.84 bits per heavy atom. The summed E-state index contributed by atoms with van der Waals surface area (Å²) in [5.41, 5.74) is 8.24. The van der Waals surface area contributed by atoms with Crippen LogP contribution in [-0.2, 0) is 0 Å². The number of anilines is 2. The Balaban J connectivity index is 1.72. The lowest BCUT2D eigenvalue weighted by atomic mass is 9.91. The van der Waals surface area contributed by atoms with Gasteiger partial charge in [0.2, 0.25) is 0 Å². The second-order valence-corrected chi connectivity index (χ2v) is 6.49. The number of hydrogen-bond donors (Lipinski definition) is 3. The molecule has 0 aliphatic heterocycles. The number of para-hydroxylation sites is 1. The first-order valence-corrected chi connectivity index (χ1v) is 8.72. The van der Waals surface area contributed by atoms with E-state index in [0.29, 0.717) is 5.56 Å². The first-order valence-electron chi connectivity index (χ1n) is 8.72. The van der Waals surface area contributed by atoms with E-state index >= 15 is 0 Å². The molecule has 132 valence electrons. The molecule has 1 aliphatic rings. The summed E-state index contributed by atoms with van der Waals surface area (Å²) < 4.78 is 5.25. The highest BCUT2D eigenvalue weighted by Gasteiger charge is 2.21. The Morgan fingerprint density at radius 3 is 2.60 bits per heavy atom. The van der Waals surface area contributed by atoms with Crippen LogP contribution in [0.25, 0.3) is 0 Å². The number of ether oxygens (including phenoxy) is 1. The number of carbonyl (C=O) groups is 1. The number of rotatable bonds is 5. The maximum absolute atomic E-state index is 12.7. The van der Waals surface area contributed by atoms with E-state index in [0.717, 1.165) is 42.8 Å². The minimum Gasteiger partial charge on any atom is -0.497 e. The van der Waals surface area contributed by atoms with Gasteiger partial charge in [-0.1, -0.05) is 18.2 Å². The Kier molecular flexibility index (Phi) is 5.56. The first kappa shape index (κ1) is 17.3. The predicted octanol–water partition coefficient (Wildman–Crippen LogP) is 3.44. The van der Waals surface area contributed by atoms with Crippen LogP contribution in [-0.4, -0.2) is 25.1 Å². The Labute approximate surface area is 148 Å². The van der Waals surface area contributed by atoms with Crippen LogP contribution in [0.2, 0.25) is 0 Å². The minimum absolute atomic E-state index is 0.0496. The van der Waals surface area contributed by atoms with E-state index in [4.69, 9.17) is 10.5 Å². The van der Waals surface area contributed by atoms with Gasteiger partial charge < -0.3 is 21.1 Å². The van der Waals surface area contributed by atoms with Gasteiger partial charge >= 0.3 is 0 Å². The molecule has 0 spiro atoms. The van der Waals surface area contributed by atoms with Crippen molar-refractivity contribution < 1.29 is 9.53 Å². The lowest BCUT2D eigenvalue weighted by Gasteiger charge is -2.27. The number of hydrogen-bond acceptors (Lipinski definition) is 4. The summed E-state index contributed by atoms with van der Waals surface area (Å²) in [7, 11) is 1.64. The molecule has 1 saturated carbocycles. The number of nitrogens with one attached hydrogen (secondary N) is 2. The summed E-state index contributed by atoms with van der Waals surface area (Å²) in [6, 6.07) is 15.7. The molecule has 2 aromatic carbocycles. The van der Waals surface area contributed by atoms with Crippen LogP contribution >= 0.6 is 0 Å². The van der Waals surface area contributed by atoms with Gasteiger partial charge in [0.1, 0.15) is 5.75 Å². The molecule has 0 saturated heterocycles. The maximum Gasteiger partial charge on any atom is 0.253 e. The van der Waals surface area contributed by atoms with Gasteiger partial charge in [0.15, 0.2) is 0 Å². The van der Waals surface area contributed by atoms with Crippen LogP contribution in [0.3, 0.4) is 0 Å². The van der Waals surface area contributed by atoms with Gasteiger partial charge in [0.25, 0.3) is 5.91 Å². The number of benzene rings is 2.